The zero-order valence-electron chi connectivity index (χ0n) is 15.3. The summed E-state index contributed by atoms with van der Waals surface area (Å²) in [5, 5.41) is 19.1. The van der Waals surface area contributed by atoms with Gasteiger partial charge in [0.2, 0.25) is 11.8 Å². The van der Waals surface area contributed by atoms with Crippen LogP contribution >= 0.6 is 12.2 Å². The predicted octanol–water partition coefficient (Wildman–Crippen LogP) is 3.38. The first-order valence-corrected chi connectivity index (χ1v) is 8.79. The topological polar surface area (TPSA) is 95.2 Å². The van der Waals surface area contributed by atoms with E-state index in [1.54, 1.807) is 12.1 Å². The molecule has 142 valence electrons. The summed E-state index contributed by atoms with van der Waals surface area (Å²) in [7, 11) is 1.90. The van der Waals surface area contributed by atoms with E-state index in [9.17, 15) is 10.1 Å². The monoisotopic (exact) mass is 388 g/mol. The molecule has 0 N–H and O–H groups in total. The van der Waals surface area contributed by atoms with E-state index >= 15 is 0 Å². The van der Waals surface area contributed by atoms with Crippen LogP contribution < -0.4 is 0 Å². The van der Waals surface area contributed by atoms with Crippen LogP contribution in [0.25, 0.3) is 11.5 Å². The maximum atomic E-state index is 10.9. The average Bonchev–Trinajstić information content (AvgIpc) is 3.23. The largest absolute Gasteiger partial charge is 0.419 e. The molecule has 1 aromatic carbocycles. The van der Waals surface area contributed by atoms with Gasteiger partial charge in [0.05, 0.1) is 18.1 Å². The molecule has 0 saturated heterocycles. The van der Waals surface area contributed by atoms with Gasteiger partial charge in [0.15, 0.2) is 4.77 Å². The van der Waals surface area contributed by atoms with E-state index in [1.807, 2.05) is 28.6 Å². The number of aromatic nitrogens is 4. The van der Waals surface area contributed by atoms with E-state index in [2.05, 4.69) is 28.9 Å². The summed E-state index contributed by atoms with van der Waals surface area (Å²) in [4.78, 5) is 12.6. The predicted molar refractivity (Wildman–Crippen MR) is 101 cm³/mol. The molecule has 3 rings (SSSR count). The van der Waals surface area contributed by atoms with Crippen LogP contribution in [0.2, 0.25) is 0 Å². The fourth-order valence-electron chi connectivity index (χ4n) is 2.57. The smallest absolute Gasteiger partial charge is 0.270 e. The van der Waals surface area contributed by atoms with Gasteiger partial charge in [0.1, 0.15) is 0 Å². The molecular weight excluding hydrogens is 368 g/mol. The van der Waals surface area contributed by atoms with E-state index in [1.165, 1.54) is 12.1 Å². The van der Waals surface area contributed by atoms with Gasteiger partial charge in [0.25, 0.3) is 5.69 Å². The molecule has 0 aliphatic carbocycles. The molecule has 0 amide bonds. The first-order chi connectivity index (χ1) is 12.8. The summed E-state index contributed by atoms with van der Waals surface area (Å²) in [6, 6.07) is 6.36. The summed E-state index contributed by atoms with van der Waals surface area (Å²) in [6.07, 6.45) is 3.84. The standard InChI is InChI=1S/C17H20N6O3S/c1-12(2)22(11-21-8-7-20(3)17(21)27)10-15-18-19-16(26-15)13-5-4-6-14(9-13)23(24)25/h4-9,12H,10-11H2,1-3H3. The molecule has 0 bridgehead atoms. The molecule has 2 aromatic heterocycles. The second-order valence-corrected chi connectivity index (χ2v) is 6.82. The zero-order valence-corrected chi connectivity index (χ0v) is 16.1. The zero-order chi connectivity index (χ0) is 19.6. The van der Waals surface area contributed by atoms with Gasteiger partial charge in [-0.3, -0.25) is 15.0 Å². The Kier molecular flexibility index (Phi) is 5.47. The summed E-state index contributed by atoms with van der Waals surface area (Å²) < 4.78 is 10.3. The minimum absolute atomic E-state index is 0.0190. The van der Waals surface area contributed by atoms with Crippen LogP contribution in [0, 0.1) is 14.9 Å². The lowest BCUT2D eigenvalue weighted by molar-refractivity contribution is -0.384. The molecule has 10 heteroatoms. The lowest BCUT2D eigenvalue weighted by atomic mass is 10.2. The Morgan fingerprint density at radius 1 is 1.33 bits per heavy atom. The molecule has 3 aromatic rings. The first-order valence-electron chi connectivity index (χ1n) is 8.38. The maximum Gasteiger partial charge on any atom is 0.270 e. The molecule has 27 heavy (non-hydrogen) atoms. The number of nitro benzene ring substituents is 1. The average molecular weight is 388 g/mol. The molecule has 0 unspecified atom stereocenters. The highest BCUT2D eigenvalue weighted by Crippen LogP contribution is 2.23. The number of hydrogen-bond donors (Lipinski definition) is 0. The highest BCUT2D eigenvalue weighted by atomic mass is 32.1. The second-order valence-electron chi connectivity index (χ2n) is 6.45. The number of imidazole rings is 1. The Morgan fingerprint density at radius 3 is 2.74 bits per heavy atom. The van der Waals surface area contributed by atoms with Crippen molar-refractivity contribution in [2.45, 2.75) is 33.1 Å². The van der Waals surface area contributed by atoms with Gasteiger partial charge in [0, 0.05) is 43.2 Å². The summed E-state index contributed by atoms with van der Waals surface area (Å²) >= 11 is 5.39. The number of nitrogens with zero attached hydrogens (tertiary/aromatic N) is 6. The van der Waals surface area contributed by atoms with Crippen LogP contribution in [0.5, 0.6) is 0 Å². The third kappa shape index (κ3) is 4.29. The van der Waals surface area contributed by atoms with Gasteiger partial charge >= 0.3 is 0 Å². The third-order valence-corrected chi connectivity index (χ3v) is 4.71. The van der Waals surface area contributed by atoms with Crippen molar-refractivity contribution in [3.63, 3.8) is 0 Å². The van der Waals surface area contributed by atoms with E-state index in [0.29, 0.717) is 24.7 Å². The van der Waals surface area contributed by atoms with Gasteiger partial charge in [-0.05, 0) is 32.1 Å². The lowest BCUT2D eigenvalue weighted by Crippen LogP contribution is -2.32. The lowest BCUT2D eigenvalue weighted by Gasteiger charge is -2.25. The molecule has 0 radical (unpaired) electrons. The molecule has 0 fully saturated rings. The fourth-order valence-corrected chi connectivity index (χ4v) is 2.75. The highest BCUT2D eigenvalue weighted by molar-refractivity contribution is 7.71. The van der Waals surface area contributed by atoms with Crippen molar-refractivity contribution >= 4 is 17.9 Å². The van der Waals surface area contributed by atoms with Gasteiger partial charge in [-0.2, -0.15) is 0 Å². The number of rotatable bonds is 7. The van der Waals surface area contributed by atoms with E-state index in [4.69, 9.17) is 16.6 Å². The Labute approximate surface area is 161 Å². The fraction of sp³-hybridized carbons (Fsp3) is 0.353. The third-order valence-electron chi connectivity index (χ3n) is 4.19. The van der Waals surface area contributed by atoms with Crippen molar-refractivity contribution in [1.82, 2.24) is 24.2 Å². The number of nitro groups is 1. The van der Waals surface area contributed by atoms with Crippen molar-refractivity contribution in [3.8, 4) is 11.5 Å². The summed E-state index contributed by atoms with van der Waals surface area (Å²) in [5.74, 6) is 0.696. The van der Waals surface area contributed by atoms with E-state index in [-0.39, 0.29) is 17.6 Å². The van der Waals surface area contributed by atoms with Crippen LogP contribution in [-0.2, 0) is 20.3 Å². The molecule has 0 aliphatic heterocycles. The minimum Gasteiger partial charge on any atom is -0.419 e. The molecule has 9 nitrogen and oxygen atoms in total. The van der Waals surface area contributed by atoms with Gasteiger partial charge < -0.3 is 13.6 Å². The van der Waals surface area contributed by atoms with E-state index in [0.717, 1.165) is 4.77 Å². The van der Waals surface area contributed by atoms with E-state index < -0.39 is 4.92 Å². The van der Waals surface area contributed by atoms with Crippen molar-refractivity contribution < 1.29 is 9.34 Å². The Hall–Kier alpha value is -2.85. The first kappa shape index (κ1) is 18.9. The van der Waals surface area contributed by atoms with Gasteiger partial charge in [-0.1, -0.05) is 6.07 Å². The quantitative estimate of drug-likeness (QED) is 0.348. The number of non-ortho nitro benzene ring substituents is 1. The molecule has 0 aliphatic rings. The molecule has 0 atom stereocenters. The molecular formula is C17H20N6O3S. The number of aryl methyl sites for hydroxylation is 1. The number of benzene rings is 1. The summed E-state index contributed by atoms with van der Waals surface area (Å²) in [6.45, 7) is 5.18. The van der Waals surface area contributed by atoms with Crippen molar-refractivity contribution in [2.75, 3.05) is 0 Å². The van der Waals surface area contributed by atoms with Gasteiger partial charge in [-0.25, -0.2) is 0 Å². The van der Waals surface area contributed by atoms with Crippen molar-refractivity contribution in [1.29, 1.82) is 0 Å². The SMILES string of the molecule is CC(C)N(Cc1nnc(-c2cccc([N+](=O)[O-])c2)o1)Cn1ccn(C)c1=S. The molecule has 0 spiro atoms. The Bertz CT molecular complexity index is 1010. The Morgan fingerprint density at radius 2 is 2.11 bits per heavy atom. The second kappa shape index (κ2) is 7.80. The van der Waals surface area contributed by atoms with Crippen molar-refractivity contribution in [3.05, 3.63) is 57.4 Å². The minimum atomic E-state index is -0.454. The van der Waals surface area contributed by atoms with Crippen LogP contribution in [0.1, 0.15) is 19.7 Å². The number of hydrogen-bond acceptors (Lipinski definition) is 7. The Balaban J connectivity index is 1.78. The normalized spacial score (nSPS) is 11.4. The highest BCUT2D eigenvalue weighted by Gasteiger charge is 2.17. The molecule has 2 heterocycles. The van der Waals surface area contributed by atoms with Crippen LogP contribution in [0.3, 0.4) is 0 Å². The van der Waals surface area contributed by atoms with Gasteiger partial charge in [-0.15, -0.1) is 10.2 Å². The van der Waals surface area contributed by atoms with Crippen LogP contribution in [-0.4, -0.2) is 35.2 Å². The summed E-state index contributed by atoms with van der Waals surface area (Å²) in [5.41, 5.74) is 0.499. The van der Waals surface area contributed by atoms with Crippen molar-refractivity contribution in [2.24, 2.45) is 7.05 Å². The molecule has 0 saturated carbocycles. The van der Waals surface area contributed by atoms with Crippen LogP contribution in [0.15, 0.2) is 41.1 Å². The van der Waals surface area contributed by atoms with Crippen LogP contribution in [0.4, 0.5) is 5.69 Å². The maximum absolute atomic E-state index is 10.9.